The first-order chi connectivity index (χ1) is 28.9. The van der Waals surface area contributed by atoms with Crippen molar-refractivity contribution >= 4 is 104 Å². The van der Waals surface area contributed by atoms with Crippen LogP contribution in [0, 0.1) is 0 Å². The zero-order valence-corrected chi connectivity index (χ0v) is 48.4. The fourth-order valence-corrected chi connectivity index (χ4v) is 7.49. The van der Waals surface area contributed by atoms with E-state index in [-0.39, 0.29) is 205 Å². The molecule has 0 saturated heterocycles. The number of aliphatic imine (C=N–C) groups is 1. The van der Waals surface area contributed by atoms with E-state index in [0.717, 1.165) is 49.6 Å². The molecule has 2 N–H and O–H groups in total. The van der Waals surface area contributed by atoms with E-state index in [9.17, 15) is 57.0 Å². The molecule has 0 heterocycles. The number of hydrogen-bond acceptors (Lipinski definition) is 21. The van der Waals surface area contributed by atoms with Gasteiger partial charge in [0.1, 0.15) is 55.1 Å². The Morgan fingerprint density at radius 1 is 0.606 bits per heavy atom. The fraction of sp³-hybridized carbons (Fsp3) is 0.242. The summed E-state index contributed by atoms with van der Waals surface area (Å²) < 4.78 is 156. The summed E-state index contributed by atoms with van der Waals surface area (Å²) in [4.78, 5) is 2.59. The van der Waals surface area contributed by atoms with E-state index in [1.54, 1.807) is 0 Å². The Bertz CT molecular complexity index is 2890. The van der Waals surface area contributed by atoms with Crippen LogP contribution in [0.15, 0.2) is 95.9 Å². The summed E-state index contributed by atoms with van der Waals surface area (Å²) >= 11 is 12.8. The summed E-state index contributed by atoms with van der Waals surface area (Å²) in [5.41, 5.74) is -0.981. The quantitative estimate of drug-likeness (QED) is 0.0207. The number of methoxy groups -OCH3 is 2. The van der Waals surface area contributed by atoms with Crippen LogP contribution in [0.3, 0.4) is 0 Å². The van der Waals surface area contributed by atoms with Crippen LogP contribution >= 0.6 is 23.2 Å². The first-order valence-electron chi connectivity index (χ1n) is 16.8. The van der Waals surface area contributed by atoms with Crippen molar-refractivity contribution in [2.24, 2.45) is 25.4 Å². The molecule has 0 aliphatic carbocycles. The summed E-state index contributed by atoms with van der Waals surface area (Å²) in [6, 6.07) is 10.1. The molecule has 0 bridgehead atoms. The third-order valence-corrected chi connectivity index (χ3v) is 11.4. The molecular weight excluding hydrogens is 1040 g/mol. The first kappa shape index (κ1) is 64.8. The molecule has 0 amide bonds. The van der Waals surface area contributed by atoms with Gasteiger partial charge in [0, 0.05) is 23.6 Å². The number of anilines is 1. The summed E-state index contributed by atoms with van der Waals surface area (Å²) in [6.45, 7) is -0.785. The largest absolute Gasteiger partial charge is 1.00 e. The molecule has 33 heteroatoms. The fourth-order valence-electron chi connectivity index (χ4n) is 4.81. The van der Waals surface area contributed by atoms with Crippen molar-refractivity contribution < 1.29 is 194 Å². The van der Waals surface area contributed by atoms with Gasteiger partial charge in [0.2, 0.25) is 0 Å². The van der Waals surface area contributed by atoms with Crippen molar-refractivity contribution in [2.45, 2.75) is 22.6 Å². The molecule has 66 heavy (non-hydrogen) atoms. The minimum absolute atomic E-state index is 0. The molecule has 0 fully saturated rings. The van der Waals surface area contributed by atoms with E-state index in [4.69, 9.17) is 42.1 Å². The summed E-state index contributed by atoms with van der Waals surface area (Å²) in [5.74, 6) is -2.52. The van der Waals surface area contributed by atoms with E-state index in [0.29, 0.717) is 0 Å². The predicted molar refractivity (Wildman–Crippen MR) is 215 cm³/mol. The van der Waals surface area contributed by atoms with Gasteiger partial charge >= 0.3 is 118 Å². The summed E-state index contributed by atoms with van der Waals surface area (Å²) in [5, 5.41) is 31.1. The number of benzene rings is 4. The zero-order valence-electron chi connectivity index (χ0n) is 35.6. The van der Waals surface area contributed by atoms with Gasteiger partial charge < -0.3 is 43.0 Å². The van der Waals surface area contributed by atoms with E-state index < -0.39 is 74.4 Å². The smallest absolute Gasteiger partial charge is 0.846 e. The topological polar surface area (TPSA) is 360 Å². The Kier molecular flexibility index (Phi) is 28.0. The van der Waals surface area contributed by atoms with E-state index in [1.165, 1.54) is 25.3 Å². The van der Waals surface area contributed by atoms with Crippen LogP contribution in [-0.2, 0) is 40.5 Å². The van der Waals surface area contributed by atoms with Crippen molar-refractivity contribution in [2.75, 3.05) is 44.3 Å². The second-order valence-corrected chi connectivity index (χ2v) is 18.6. The number of halogens is 2. The maximum Gasteiger partial charge on any atom is 1.00 e. The molecular formula is C33H30Cl2N6Na4O17S4. The molecule has 0 aliphatic rings. The van der Waals surface area contributed by atoms with Crippen molar-refractivity contribution in [3.63, 3.8) is 0 Å². The number of hydrogen-bond donors (Lipinski definition) is 2. The normalized spacial score (nSPS) is 12.0. The molecule has 0 atom stereocenters. The van der Waals surface area contributed by atoms with E-state index in [2.05, 4.69) is 30.8 Å². The average Bonchev–Trinajstić information content (AvgIpc) is 3.16. The third kappa shape index (κ3) is 21.0. The van der Waals surface area contributed by atoms with Gasteiger partial charge in [-0.25, -0.2) is 30.2 Å². The van der Waals surface area contributed by atoms with Crippen LogP contribution in [-0.4, -0.2) is 96.8 Å². The van der Waals surface area contributed by atoms with Gasteiger partial charge in [-0.05, 0) is 61.4 Å². The monoisotopic (exact) mass is 1070 g/mol. The van der Waals surface area contributed by atoms with Gasteiger partial charge in [-0.1, -0.05) is 23.2 Å². The Labute approximate surface area is 477 Å². The van der Waals surface area contributed by atoms with Gasteiger partial charge in [-0.15, -0.1) is 10.2 Å². The Hall–Kier alpha value is -1.23. The molecule has 4 rings (SSSR count). The average molecular weight is 1070 g/mol. The van der Waals surface area contributed by atoms with Gasteiger partial charge in [0.05, 0.1) is 85.7 Å². The van der Waals surface area contributed by atoms with Crippen molar-refractivity contribution in [1.29, 1.82) is 0 Å². The first-order valence-corrected chi connectivity index (χ1v) is 23.6. The SMILES string of the molecule is COc1ccc(N=Nc2cc(OCCCS(=O)(=O)[O-])c(N=C([O-])Nc3cc(Cl)c(N=Nc4ccc(OC)c(S(=O)(=O)O)c4)cc3OCCCS(=O)(=O)[O-])cc2Cl)cc1S(=O)(=O)[O-].[Na+].[Na+].[Na+].[Na+]. The molecule has 23 nitrogen and oxygen atoms in total. The van der Waals surface area contributed by atoms with E-state index >= 15 is 0 Å². The maximum absolute atomic E-state index is 13.4. The molecule has 0 unspecified atom stereocenters. The maximum atomic E-state index is 13.4. The molecule has 0 saturated carbocycles. The number of nitrogens with one attached hydrogen (secondary N) is 1. The van der Waals surface area contributed by atoms with Crippen molar-refractivity contribution in [3.8, 4) is 23.0 Å². The molecule has 0 aliphatic heterocycles. The third-order valence-electron chi connectivity index (χ3n) is 7.52. The summed E-state index contributed by atoms with van der Waals surface area (Å²) in [6.07, 6.45) is -0.590. The minimum atomic E-state index is -4.99. The zero-order chi connectivity index (χ0) is 46.0. The molecule has 0 spiro atoms. The second-order valence-electron chi connectivity index (χ2n) is 12.0. The van der Waals surface area contributed by atoms with Crippen LogP contribution in [0.5, 0.6) is 23.0 Å². The van der Waals surface area contributed by atoms with Crippen LogP contribution in [0.4, 0.5) is 34.1 Å². The van der Waals surface area contributed by atoms with Gasteiger partial charge in [-0.3, -0.25) is 4.55 Å². The number of rotatable bonds is 20. The predicted octanol–water partition coefficient (Wildman–Crippen LogP) is -6.90. The number of ether oxygens (including phenoxy) is 4. The Morgan fingerprint density at radius 2 is 1.05 bits per heavy atom. The number of azo groups is 2. The number of amidine groups is 1. The van der Waals surface area contributed by atoms with Crippen LogP contribution in [0.25, 0.3) is 0 Å². The van der Waals surface area contributed by atoms with Gasteiger partial charge in [-0.2, -0.15) is 18.6 Å². The van der Waals surface area contributed by atoms with Crippen LogP contribution in [0.2, 0.25) is 10.0 Å². The van der Waals surface area contributed by atoms with E-state index in [1.807, 2.05) is 0 Å². The van der Waals surface area contributed by atoms with Gasteiger partial charge in [0.15, 0.2) is 0 Å². The molecule has 4 aromatic carbocycles. The Morgan fingerprint density at radius 3 is 1.50 bits per heavy atom. The molecule has 0 aromatic heterocycles. The van der Waals surface area contributed by atoms with Crippen LogP contribution in [0.1, 0.15) is 12.8 Å². The van der Waals surface area contributed by atoms with Crippen molar-refractivity contribution in [3.05, 3.63) is 70.7 Å². The second kappa shape index (κ2) is 28.6. The standard InChI is InChI=1S/C33H34Cl2N6O17S4.4Na/c1-55-27-7-5-19(13-31(27)61(49,50)51)38-40-23-17-29(57-9-3-11-59(43,44)45)25(15-21(23)34)36-33(42)37-26-16-22(35)24(18-30(26)58-10-4-12-60(46,47)48)41-39-20-6-8-28(56-2)32(14-20)62(52,53)54;;;;/h5-8,13-18H,3-4,9-12H2,1-2H3,(H2,36,37,42)(H,43,44,45)(H,46,47,48)(H,49,50,51)(H,52,53,54);;;;/q;4*+1/p-4. The van der Waals surface area contributed by atoms with Crippen LogP contribution < -0.4 is 148 Å². The van der Waals surface area contributed by atoms with Gasteiger partial charge in [0.25, 0.3) is 10.1 Å². The molecule has 4 aromatic rings. The van der Waals surface area contributed by atoms with Crippen molar-refractivity contribution in [1.82, 2.24) is 0 Å². The Balaban J connectivity index is 0.0000106. The molecule has 0 radical (unpaired) electrons. The molecule has 336 valence electrons. The number of nitrogens with zero attached hydrogens (tertiary/aromatic N) is 5. The summed E-state index contributed by atoms with van der Waals surface area (Å²) in [7, 11) is -16.7. The minimum Gasteiger partial charge on any atom is -0.846 e.